The van der Waals surface area contributed by atoms with E-state index in [4.69, 9.17) is 5.73 Å². The van der Waals surface area contributed by atoms with Crippen molar-refractivity contribution in [1.29, 1.82) is 0 Å². The molecule has 2 fully saturated rings. The number of piperidine rings is 1. The van der Waals surface area contributed by atoms with Crippen molar-refractivity contribution in [3.63, 3.8) is 0 Å². The van der Waals surface area contributed by atoms with Crippen molar-refractivity contribution >= 4 is 0 Å². The second-order valence-electron chi connectivity index (χ2n) is 5.97. The monoisotopic (exact) mass is 244 g/mol. The molecule has 3 aliphatic rings. The van der Waals surface area contributed by atoms with E-state index in [1.165, 1.54) is 37.0 Å². The van der Waals surface area contributed by atoms with Gasteiger partial charge in [0.1, 0.15) is 0 Å². The van der Waals surface area contributed by atoms with Gasteiger partial charge in [-0.05, 0) is 30.9 Å². The molecule has 2 heteroatoms. The van der Waals surface area contributed by atoms with Gasteiger partial charge in [0.15, 0.2) is 0 Å². The number of fused-ring (bicyclic) bond motifs is 3. The molecule has 0 atom stereocenters. The molecule has 0 aromatic rings. The van der Waals surface area contributed by atoms with Crippen molar-refractivity contribution in [3.8, 4) is 0 Å². The number of allylic oxidation sites excluding steroid dienone is 5. The van der Waals surface area contributed by atoms with E-state index in [9.17, 15) is 0 Å². The zero-order valence-electron chi connectivity index (χ0n) is 11.4. The van der Waals surface area contributed by atoms with Crippen molar-refractivity contribution in [2.75, 3.05) is 13.2 Å². The Labute approximate surface area is 110 Å². The lowest BCUT2D eigenvalue weighted by atomic mass is 9.73. The zero-order valence-corrected chi connectivity index (χ0v) is 11.4. The molecular weight excluding hydrogens is 220 g/mol. The first-order valence-corrected chi connectivity index (χ1v) is 7.33. The number of hydrogen-bond donors (Lipinski definition) is 1. The Kier molecular flexibility index (Phi) is 3.06. The fourth-order valence-electron chi connectivity index (χ4n) is 3.84. The minimum atomic E-state index is 0.440. The summed E-state index contributed by atoms with van der Waals surface area (Å²) >= 11 is 0. The molecule has 0 amide bonds. The summed E-state index contributed by atoms with van der Waals surface area (Å²) in [4.78, 5) is 2.40. The molecule has 18 heavy (non-hydrogen) atoms. The second-order valence-corrected chi connectivity index (χ2v) is 5.97. The lowest BCUT2D eigenvalue weighted by Gasteiger charge is -2.44. The van der Waals surface area contributed by atoms with Crippen LogP contribution in [0.4, 0.5) is 0 Å². The van der Waals surface area contributed by atoms with E-state index in [1.54, 1.807) is 5.57 Å². The van der Waals surface area contributed by atoms with Crippen LogP contribution in [0.25, 0.3) is 0 Å². The van der Waals surface area contributed by atoms with E-state index in [0.717, 1.165) is 19.4 Å². The normalized spacial score (nSPS) is 25.7. The van der Waals surface area contributed by atoms with Gasteiger partial charge in [0.2, 0.25) is 0 Å². The van der Waals surface area contributed by atoms with Crippen LogP contribution in [0.3, 0.4) is 0 Å². The summed E-state index contributed by atoms with van der Waals surface area (Å²) in [6.45, 7) is 4.06. The third-order valence-electron chi connectivity index (χ3n) is 4.99. The van der Waals surface area contributed by atoms with Crippen molar-refractivity contribution in [2.45, 2.75) is 45.4 Å². The Morgan fingerprint density at radius 1 is 1.28 bits per heavy atom. The summed E-state index contributed by atoms with van der Waals surface area (Å²) in [5.41, 5.74) is 11.0. The number of nitrogens with two attached hydrogens (primary N) is 1. The Bertz CT molecular complexity index is 422. The molecule has 0 aromatic carbocycles. The topological polar surface area (TPSA) is 29.3 Å². The fraction of sp³-hybridized carbons (Fsp3) is 0.625. The average molecular weight is 244 g/mol. The minimum absolute atomic E-state index is 0.440. The minimum Gasteiger partial charge on any atom is -0.361 e. The highest BCUT2D eigenvalue weighted by molar-refractivity contribution is 5.40. The van der Waals surface area contributed by atoms with Gasteiger partial charge >= 0.3 is 0 Å². The van der Waals surface area contributed by atoms with Gasteiger partial charge < -0.3 is 10.6 Å². The van der Waals surface area contributed by atoms with Crippen LogP contribution in [-0.2, 0) is 0 Å². The fourth-order valence-corrected chi connectivity index (χ4v) is 3.84. The molecule has 2 aliphatic carbocycles. The van der Waals surface area contributed by atoms with Crippen molar-refractivity contribution < 1.29 is 0 Å². The molecule has 1 aliphatic heterocycles. The van der Waals surface area contributed by atoms with Gasteiger partial charge in [-0.1, -0.05) is 37.5 Å². The molecule has 2 nitrogen and oxygen atoms in total. The second kappa shape index (κ2) is 4.58. The van der Waals surface area contributed by atoms with Gasteiger partial charge in [0, 0.05) is 24.1 Å². The van der Waals surface area contributed by atoms with Gasteiger partial charge in [0.05, 0.1) is 6.67 Å². The van der Waals surface area contributed by atoms with E-state index in [-0.39, 0.29) is 0 Å². The van der Waals surface area contributed by atoms with Crippen molar-refractivity contribution in [1.82, 2.24) is 4.90 Å². The van der Waals surface area contributed by atoms with E-state index < -0.39 is 0 Å². The molecule has 0 radical (unpaired) electrons. The Morgan fingerprint density at radius 3 is 2.72 bits per heavy atom. The average Bonchev–Trinajstić information content (AvgIpc) is 2.77. The smallest absolute Gasteiger partial charge is 0.0654 e. The van der Waals surface area contributed by atoms with Crippen LogP contribution in [0.2, 0.25) is 0 Å². The molecule has 1 saturated heterocycles. The first-order valence-electron chi connectivity index (χ1n) is 7.33. The molecule has 2 N–H and O–H groups in total. The summed E-state index contributed by atoms with van der Waals surface area (Å²) < 4.78 is 0. The summed E-state index contributed by atoms with van der Waals surface area (Å²) in [5.74, 6) is 0. The van der Waals surface area contributed by atoms with Gasteiger partial charge in [0.25, 0.3) is 0 Å². The maximum absolute atomic E-state index is 5.95. The van der Waals surface area contributed by atoms with E-state index in [0.29, 0.717) is 12.1 Å². The highest BCUT2D eigenvalue weighted by Crippen LogP contribution is 2.51. The summed E-state index contributed by atoms with van der Waals surface area (Å²) in [6.07, 6.45) is 14.8. The molecule has 1 heterocycles. The maximum Gasteiger partial charge on any atom is 0.0654 e. The van der Waals surface area contributed by atoms with Crippen LogP contribution in [0.15, 0.2) is 35.1 Å². The number of likely N-dealkylation sites (tertiary alicyclic amines) is 1. The summed E-state index contributed by atoms with van der Waals surface area (Å²) in [7, 11) is 0. The standard InChI is InChI=1S/C16H24N2/c1-2-13-5-6-15-10-14(9-13)16(7-3-4-8-16)11-18(15)12-17/h5-6,9H,2-4,7-8,10-12,17H2,1H3. The molecule has 98 valence electrons. The highest BCUT2D eigenvalue weighted by Gasteiger charge is 2.42. The molecular formula is C16H24N2. The van der Waals surface area contributed by atoms with E-state index in [1.807, 2.05) is 0 Å². The lowest BCUT2D eigenvalue weighted by Crippen LogP contribution is -2.44. The summed E-state index contributed by atoms with van der Waals surface area (Å²) in [6, 6.07) is 0. The number of nitrogens with zero attached hydrogens (tertiary/aromatic N) is 1. The summed E-state index contributed by atoms with van der Waals surface area (Å²) in [5, 5.41) is 0. The predicted molar refractivity (Wildman–Crippen MR) is 75.8 cm³/mol. The third kappa shape index (κ3) is 1.83. The van der Waals surface area contributed by atoms with Crippen LogP contribution in [-0.4, -0.2) is 18.1 Å². The van der Waals surface area contributed by atoms with Crippen LogP contribution in [0.1, 0.15) is 45.4 Å². The Morgan fingerprint density at radius 2 is 2.06 bits per heavy atom. The van der Waals surface area contributed by atoms with Crippen molar-refractivity contribution in [2.24, 2.45) is 11.1 Å². The van der Waals surface area contributed by atoms with Gasteiger partial charge in [-0.2, -0.15) is 0 Å². The molecule has 0 aromatic heterocycles. The number of rotatable bonds is 2. The lowest BCUT2D eigenvalue weighted by molar-refractivity contribution is 0.186. The zero-order chi connectivity index (χ0) is 12.6. The van der Waals surface area contributed by atoms with E-state index in [2.05, 4.69) is 30.1 Å². The number of hydrogen-bond acceptors (Lipinski definition) is 2. The largest absolute Gasteiger partial charge is 0.361 e. The first kappa shape index (κ1) is 12.0. The molecule has 1 saturated carbocycles. The SMILES string of the molecule is CCC1=CC=C2CC(=C1)C1(CCCC1)CN2CN. The molecule has 1 spiro atoms. The maximum atomic E-state index is 5.95. The van der Waals surface area contributed by atoms with Crippen LogP contribution >= 0.6 is 0 Å². The highest BCUT2D eigenvalue weighted by atomic mass is 15.2. The molecule has 2 bridgehead atoms. The predicted octanol–water partition coefficient (Wildman–Crippen LogP) is 3.33. The van der Waals surface area contributed by atoms with Gasteiger partial charge in [-0.25, -0.2) is 0 Å². The first-order chi connectivity index (χ1) is 8.77. The van der Waals surface area contributed by atoms with Crippen LogP contribution in [0, 0.1) is 5.41 Å². The Balaban J connectivity index is 2.03. The third-order valence-corrected chi connectivity index (χ3v) is 4.99. The van der Waals surface area contributed by atoms with E-state index >= 15 is 0 Å². The Hall–Kier alpha value is -1.02. The quantitative estimate of drug-likeness (QED) is 0.807. The molecule has 0 unspecified atom stereocenters. The van der Waals surface area contributed by atoms with Crippen molar-refractivity contribution in [3.05, 3.63) is 35.1 Å². The van der Waals surface area contributed by atoms with Gasteiger partial charge in [-0.3, -0.25) is 0 Å². The van der Waals surface area contributed by atoms with Crippen LogP contribution < -0.4 is 5.73 Å². The molecule has 3 rings (SSSR count). The van der Waals surface area contributed by atoms with Gasteiger partial charge in [-0.15, -0.1) is 0 Å². The van der Waals surface area contributed by atoms with Crippen LogP contribution in [0.5, 0.6) is 0 Å².